The number of anilines is 1. The number of ether oxygens (including phenoxy) is 3. The van der Waals surface area contributed by atoms with Gasteiger partial charge < -0.3 is 19.5 Å². The Kier molecular flexibility index (Phi) is 6.32. The minimum absolute atomic E-state index is 0.107. The number of methoxy groups -OCH3 is 3. The van der Waals surface area contributed by atoms with Gasteiger partial charge in [0.05, 0.1) is 21.3 Å². The lowest BCUT2D eigenvalue weighted by atomic mass is 10.1. The Labute approximate surface area is 146 Å². The quantitative estimate of drug-likeness (QED) is 0.822. The highest BCUT2D eigenvalue weighted by Gasteiger charge is 2.14. The molecule has 2 rings (SSSR count). The molecule has 0 heterocycles. The van der Waals surface area contributed by atoms with E-state index in [1.54, 1.807) is 18.2 Å². The van der Waals surface area contributed by atoms with E-state index in [1.165, 1.54) is 21.3 Å². The fourth-order valence-electron chi connectivity index (χ4n) is 2.33. The van der Waals surface area contributed by atoms with Crippen molar-refractivity contribution in [3.63, 3.8) is 0 Å². The molecule has 5 nitrogen and oxygen atoms in total. The zero-order valence-corrected chi connectivity index (χ0v) is 14.6. The SMILES string of the molecule is COc1cc(NC(=O)CCc2cccc(Cl)c2)cc(OC)c1OC. The van der Waals surface area contributed by atoms with Crippen molar-refractivity contribution in [2.24, 2.45) is 0 Å². The molecule has 0 aliphatic carbocycles. The molecule has 0 bridgehead atoms. The van der Waals surface area contributed by atoms with Crippen molar-refractivity contribution in [2.45, 2.75) is 12.8 Å². The Hall–Kier alpha value is -2.40. The fourth-order valence-corrected chi connectivity index (χ4v) is 2.54. The third kappa shape index (κ3) is 4.55. The molecule has 128 valence electrons. The maximum absolute atomic E-state index is 12.2. The lowest BCUT2D eigenvalue weighted by Crippen LogP contribution is -2.12. The van der Waals surface area contributed by atoms with Gasteiger partial charge in [-0.15, -0.1) is 0 Å². The van der Waals surface area contributed by atoms with Crippen LogP contribution in [0, 0.1) is 0 Å². The lowest BCUT2D eigenvalue weighted by Gasteiger charge is -2.14. The predicted molar refractivity (Wildman–Crippen MR) is 94.5 cm³/mol. The Morgan fingerprint density at radius 1 is 1.04 bits per heavy atom. The summed E-state index contributed by atoms with van der Waals surface area (Å²) in [5.41, 5.74) is 1.60. The number of hydrogen-bond acceptors (Lipinski definition) is 4. The number of hydrogen-bond donors (Lipinski definition) is 1. The number of aryl methyl sites for hydroxylation is 1. The number of nitrogens with one attached hydrogen (secondary N) is 1. The van der Waals surface area contributed by atoms with E-state index in [0.29, 0.717) is 40.8 Å². The van der Waals surface area contributed by atoms with Crippen LogP contribution in [-0.4, -0.2) is 27.2 Å². The summed E-state index contributed by atoms with van der Waals surface area (Å²) in [6.45, 7) is 0. The third-order valence-corrected chi connectivity index (χ3v) is 3.71. The molecule has 0 fully saturated rings. The summed E-state index contributed by atoms with van der Waals surface area (Å²) in [5, 5.41) is 3.50. The molecule has 0 radical (unpaired) electrons. The zero-order chi connectivity index (χ0) is 17.5. The van der Waals surface area contributed by atoms with Gasteiger partial charge in [0.15, 0.2) is 11.5 Å². The Morgan fingerprint density at radius 3 is 2.25 bits per heavy atom. The lowest BCUT2D eigenvalue weighted by molar-refractivity contribution is -0.116. The van der Waals surface area contributed by atoms with Crippen LogP contribution in [0.1, 0.15) is 12.0 Å². The van der Waals surface area contributed by atoms with Gasteiger partial charge in [-0.2, -0.15) is 0 Å². The highest BCUT2D eigenvalue weighted by Crippen LogP contribution is 2.39. The van der Waals surface area contributed by atoms with E-state index in [2.05, 4.69) is 5.32 Å². The first-order valence-electron chi connectivity index (χ1n) is 7.41. The monoisotopic (exact) mass is 349 g/mol. The molecule has 0 spiro atoms. The molecule has 24 heavy (non-hydrogen) atoms. The number of carbonyl (C=O) groups is 1. The van der Waals surface area contributed by atoms with Gasteiger partial charge in [0.25, 0.3) is 0 Å². The Balaban J connectivity index is 2.05. The predicted octanol–water partition coefficient (Wildman–Crippen LogP) is 3.94. The normalized spacial score (nSPS) is 10.2. The maximum atomic E-state index is 12.2. The van der Waals surface area contributed by atoms with Crippen LogP contribution < -0.4 is 19.5 Å². The second-order valence-electron chi connectivity index (χ2n) is 5.09. The van der Waals surface area contributed by atoms with Gasteiger partial charge in [-0.05, 0) is 24.1 Å². The standard InChI is InChI=1S/C18H20ClNO4/c1-22-15-10-14(11-16(23-2)18(15)24-3)20-17(21)8-7-12-5-4-6-13(19)9-12/h4-6,9-11H,7-8H2,1-3H3,(H,20,21). The van der Waals surface area contributed by atoms with Gasteiger partial charge in [-0.1, -0.05) is 23.7 Å². The van der Waals surface area contributed by atoms with Crippen molar-refractivity contribution in [3.8, 4) is 17.2 Å². The van der Waals surface area contributed by atoms with E-state index in [4.69, 9.17) is 25.8 Å². The minimum Gasteiger partial charge on any atom is -0.493 e. The summed E-state index contributed by atoms with van der Waals surface area (Å²) in [4.78, 5) is 12.2. The van der Waals surface area contributed by atoms with Gasteiger partial charge in [0, 0.05) is 29.3 Å². The van der Waals surface area contributed by atoms with Crippen LogP contribution in [0.2, 0.25) is 5.02 Å². The molecule has 0 atom stereocenters. The van der Waals surface area contributed by atoms with Gasteiger partial charge in [-0.3, -0.25) is 4.79 Å². The molecule has 0 aliphatic heterocycles. The van der Waals surface area contributed by atoms with Crippen molar-refractivity contribution in [3.05, 3.63) is 47.0 Å². The molecule has 0 aromatic heterocycles. The molecule has 1 amide bonds. The van der Waals surface area contributed by atoms with Gasteiger partial charge >= 0.3 is 0 Å². The zero-order valence-electron chi connectivity index (χ0n) is 13.9. The van der Waals surface area contributed by atoms with Crippen LogP contribution in [0.4, 0.5) is 5.69 Å². The van der Waals surface area contributed by atoms with Gasteiger partial charge in [0.2, 0.25) is 11.7 Å². The molecular weight excluding hydrogens is 330 g/mol. The van der Waals surface area contributed by atoms with Crippen LogP contribution in [0.25, 0.3) is 0 Å². The summed E-state index contributed by atoms with van der Waals surface area (Å²) in [7, 11) is 4.59. The minimum atomic E-state index is -0.107. The van der Waals surface area contributed by atoms with Crippen molar-refractivity contribution in [1.29, 1.82) is 0 Å². The summed E-state index contributed by atoms with van der Waals surface area (Å²) in [6.07, 6.45) is 0.952. The molecule has 0 saturated heterocycles. The highest BCUT2D eigenvalue weighted by atomic mass is 35.5. The largest absolute Gasteiger partial charge is 0.493 e. The third-order valence-electron chi connectivity index (χ3n) is 3.48. The topological polar surface area (TPSA) is 56.8 Å². The average molecular weight is 350 g/mol. The Morgan fingerprint density at radius 2 is 1.71 bits per heavy atom. The highest BCUT2D eigenvalue weighted by molar-refractivity contribution is 6.30. The molecule has 0 aliphatic rings. The summed E-state index contributed by atoms with van der Waals surface area (Å²) in [5.74, 6) is 1.35. The van der Waals surface area contributed by atoms with Crippen molar-refractivity contribution < 1.29 is 19.0 Å². The van der Waals surface area contributed by atoms with Crippen molar-refractivity contribution >= 4 is 23.2 Å². The van der Waals surface area contributed by atoms with Crippen LogP contribution >= 0.6 is 11.6 Å². The van der Waals surface area contributed by atoms with Crippen molar-refractivity contribution in [2.75, 3.05) is 26.6 Å². The van der Waals surface area contributed by atoms with E-state index in [0.717, 1.165) is 5.56 Å². The second kappa shape index (κ2) is 8.45. The average Bonchev–Trinajstić information content (AvgIpc) is 2.59. The van der Waals surface area contributed by atoms with E-state index in [1.807, 2.05) is 18.2 Å². The van der Waals surface area contributed by atoms with Gasteiger partial charge in [-0.25, -0.2) is 0 Å². The molecular formula is C18H20ClNO4. The first kappa shape index (κ1) is 17.9. The van der Waals surface area contributed by atoms with Crippen LogP contribution in [0.5, 0.6) is 17.2 Å². The number of carbonyl (C=O) groups excluding carboxylic acids is 1. The number of halogens is 1. The Bertz CT molecular complexity index is 693. The molecule has 2 aromatic rings. The smallest absolute Gasteiger partial charge is 0.224 e. The summed E-state index contributed by atoms with van der Waals surface area (Å²) >= 11 is 5.95. The summed E-state index contributed by atoms with van der Waals surface area (Å²) in [6, 6.07) is 10.9. The summed E-state index contributed by atoms with van der Waals surface area (Å²) < 4.78 is 15.8. The molecule has 1 N–H and O–H groups in total. The van der Waals surface area contributed by atoms with E-state index in [9.17, 15) is 4.79 Å². The maximum Gasteiger partial charge on any atom is 0.224 e. The van der Waals surface area contributed by atoms with Crippen LogP contribution in [0.3, 0.4) is 0 Å². The first-order valence-corrected chi connectivity index (χ1v) is 7.79. The van der Waals surface area contributed by atoms with E-state index < -0.39 is 0 Å². The fraction of sp³-hybridized carbons (Fsp3) is 0.278. The molecule has 6 heteroatoms. The van der Waals surface area contributed by atoms with Crippen LogP contribution in [0.15, 0.2) is 36.4 Å². The second-order valence-corrected chi connectivity index (χ2v) is 5.53. The van der Waals surface area contributed by atoms with E-state index >= 15 is 0 Å². The molecule has 2 aromatic carbocycles. The van der Waals surface area contributed by atoms with Crippen LogP contribution in [-0.2, 0) is 11.2 Å². The molecule has 0 saturated carbocycles. The number of amides is 1. The van der Waals surface area contributed by atoms with Gasteiger partial charge in [0.1, 0.15) is 0 Å². The molecule has 0 unspecified atom stereocenters. The van der Waals surface area contributed by atoms with Crippen molar-refractivity contribution in [1.82, 2.24) is 0 Å². The first-order chi connectivity index (χ1) is 11.6. The van der Waals surface area contributed by atoms with E-state index in [-0.39, 0.29) is 5.91 Å². The number of benzene rings is 2. The number of rotatable bonds is 7.